The highest BCUT2D eigenvalue weighted by Gasteiger charge is 2.30. The molecule has 4 nitrogen and oxygen atoms in total. The van der Waals surface area contributed by atoms with Crippen molar-refractivity contribution in [2.24, 2.45) is 0 Å². The number of nitrogens with zero attached hydrogens (tertiary/aromatic N) is 3. The molecule has 102 valence electrons. The van der Waals surface area contributed by atoms with E-state index in [4.69, 9.17) is 5.11 Å². The van der Waals surface area contributed by atoms with Crippen LogP contribution in [-0.2, 0) is 5.92 Å². The fourth-order valence-electron chi connectivity index (χ4n) is 1.96. The van der Waals surface area contributed by atoms with Crippen molar-refractivity contribution >= 4 is 5.65 Å². The van der Waals surface area contributed by atoms with Gasteiger partial charge in [-0.1, -0.05) is 24.3 Å². The molecule has 0 aliphatic heterocycles. The van der Waals surface area contributed by atoms with Gasteiger partial charge in [-0.05, 0) is 5.56 Å². The van der Waals surface area contributed by atoms with Gasteiger partial charge in [-0.25, -0.2) is 9.50 Å². The van der Waals surface area contributed by atoms with Crippen LogP contribution in [0.4, 0.5) is 8.78 Å². The number of hydrogen-bond donors (Lipinski definition) is 1. The molecule has 0 saturated heterocycles. The van der Waals surface area contributed by atoms with Gasteiger partial charge in [-0.2, -0.15) is 13.9 Å². The van der Waals surface area contributed by atoms with E-state index in [0.717, 1.165) is 16.8 Å². The van der Waals surface area contributed by atoms with E-state index >= 15 is 0 Å². The summed E-state index contributed by atoms with van der Waals surface area (Å²) in [6, 6.07) is 7.53. The van der Waals surface area contributed by atoms with Crippen molar-refractivity contribution < 1.29 is 13.9 Å². The normalized spacial score (nSPS) is 11.9. The van der Waals surface area contributed by atoms with Crippen LogP contribution < -0.4 is 0 Å². The van der Waals surface area contributed by atoms with Crippen LogP contribution in [0.1, 0.15) is 5.56 Å². The first-order valence-electron chi connectivity index (χ1n) is 5.99. The van der Waals surface area contributed by atoms with Crippen LogP contribution in [0.15, 0.2) is 48.9 Å². The lowest BCUT2D eigenvalue weighted by Gasteiger charge is -2.13. The van der Waals surface area contributed by atoms with Gasteiger partial charge in [0.05, 0.1) is 6.20 Å². The summed E-state index contributed by atoms with van der Waals surface area (Å²) < 4.78 is 28.2. The Kier molecular flexibility index (Phi) is 2.94. The minimum atomic E-state index is -3.22. The maximum absolute atomic E-state index is 13.3. The number of aliphatic hydroxyl groups is 1. The first-order chi connectivity index (χ1) is 9.60. The fraction of sp³-hybridized carbons (Fsp3) is 0.143. The van der Waals surface area contributed by atoms with Crippen molar-refractivity contribution in [2.45, 2.75) is 5.92 Å². The Morgan fingerprint density at radius 3 is 2.55 bits per heavy atom. The Labute approximate surface area is 113 Å². The summed E-state index contributed by atoms with van der Waals surface area (Å²) >= 11 is 0. The van der Waals surface area contributed by atoms with Crippen LogP contribution in [0.25, 0.3) is 16.8 Å². The highest BCUT2D eigenvalue weighted by Crippen LogP contribution is 2.29. The second-order valence-corrected chi connectivity index (χ2v) is 4.42. The Balaban J connectivity index is 1.98. The molecule has 0 spiro atoms. The summed E-state index contributed by atoms with van der Waals surface area (Å²) in [5.74, 6) is -3.22. The lowest BCUT2D eigenvalue weighted by Crippen LogP contribution is -2.18. The molecule has 0 aliphatic carbocycles. The summed E-state index contributed by atoms with van der Waals surface area (Å²) in [5.41, 5.74) is 2.04. The maximum Gasteiger partial charge on any atom is 0.295 e. The summed E-state index contributed by atoms with van der Waals surface area (Å²) in [6.45, 7) is -1.20. The lowest BCUT2D eigenvalue weighted by atomic mass is 10.0. The molecule has 1 N–H and O–H groups in total. The molecule has 0 aliphatic rings. The van der Waals surface area contributed by atoms with Crippen molar-refractivity contribution in [1.82, 2.24) is 14.6 Å². The van der Waals surface area contributed by atoms with E-state index in [2.05, 4.69) is 10.1 Å². The predicted octanol–water partition coefficient (Wildman–Crippen LogP) is 2.48. The van der Waals surface area contributed by atoms with Crippen LogP contribution in [0, 0.1) is 0 Å². The third-order valence-electron chi connectivity index (χ3n) is 3.09. The zero-order chi connectivity index (χ0) is 14.2. The fourth-order valence-corrected chi connectivity index (χ4v) is 1.96. The quantitative estimate of drug-likeness (QED) is 0.799. The molecule has 1 aromatic carbocycles. The standard InChI is InChI=1S/C14H11F2N3O/c15-14(16,9-20)12-3-1-10(2-4-12)11-7-17-13-5-6-18-19(13)8-11/h1-8,20H,9H2. The number of benzene rings is 1. The second-order valence-electron chi connectivity index (χ2n) is 4.42. The molecule has 3 aromatic rings. The number of alkyl halides is 2. The molecule has 2 heterocycles. The number of aromatic nitrogens is 3. The number of fused-ring (bicyclic) bond motifs is 1. The SMILES string of the molecule is OCC(F)(F)c1ccc(-c2cnc3ccnn3c2)cc1. The number of rotatable bonds is 3. The Hall–Kier alpha value is -2.34. The third kappa shape index (κ3) is 2.14. The van der Waals surface area contributed by atoms with Gasteiger partial charge in [0.15, 0.2) is 5.65 Å². The minimum Gasteiger partial charge on any atom is -0.390 e. The van der Waals surface area contributed by atoms with Gasteiger partial charge in [0.25, 0.3) is 5.92 Å². The first kappa shape index (κ1) is 12.7. The molecule has 3 rings (SSSR count). The van der Waals surface area contributed by atoms with E-state index in [-0.39, 0.29) is 5.56 Å². The monoisotopic (exact) mass is 275 g/mol. The smallest absolute Gasteiger partial charge is 0.295 e. The predicted molar refractivity (Wildman–Crippen MR) is 69.4 cm³/mol. The van der Waals surface area contributed by atoms with Gasteiger partial charge in [0, 0.05) is 29.6 Å². The summed E-state index contributed by atoms with van der Waals surface area (Å²) in [5, 5.41) is 12.7. The molecule has 0 fully saturated rings. The average Bonchev–Trinajstić information content (AvgIpc) is 2.94. The Morgan fingerprint density at radius 2 is 1.85 bits per heavy atom. The van der Waals surface area contributed by atoms with E-state index in [0.29, 0.717) is 0 Å². The van der Waals surface area contributed by atoms with Gasteiger partial charge in [-0.15, -0.1) is 0 Å². The lowest BCUT2D eigenvalue weighted by molar-refractivity contribution is -0.0556. The number of aliphatic hydroxyl groups excluding tert-OH is 1. The largest absolute Gasteiger partial charge is 0.390 e. The van der Waals surface area contributed by atoms with Crippen LogP contribution >= 0.6 is 0 Å². The van der Waals surface area contributed by atoms with Crippen LogP contribution in [0.2, 0.25) is 0 Å². The highest BCUT2D eigenvalue weighted by atomic mass is 19.3. The molecule has 2 aromatic heterocycles. The third-order valence-corrected chi connectivity index (χ3v) is 3.09. The topological polar surface area (TPSA) is 50.4 Å². The Morgan fingerprint density at radius 1 is 1.10 bits per heavy atom. The van der Waals surface area contributed by atoms with Crippen molar-refractivity contribution in [3.8, 4) is 11.1 Å². The van der Waals surface area contributed by atoms with E-state index < -0.39 is 12.5 Å². The molecular formula is C14H11F2N3O. The highest BCUT2D eigenvalue weighted by molar-refractivity contribution is 5.63. The second kappa shape index (κ2) is 4.64. The van der Waals surface area contributed by atoms with Crippen LogP contribution in [0.5, 0.6) is 0 Å². The van der Waals surface area contributed by atoms with Crippen molar-refractivity contribution in [1.29, 1.82) is 0 Å². The molecule has 0 unspecified atom stereocenters. The molecule has 20 heavy (non-hydrogen) atoms. The van der Waals surface area contributed by atoms with E-state index in [9.17, 15) is 8.78 Å². The number of halogens is 2. The minimum absolute atomic E-state index is 0.211. The van der Waals surface area contributed by atoms with E-state index in [1.54, 1.807) is 41.3 Å². The molecular weight excluding hydrogens is 264 g/mol. The summed E-state index contributed by atoms with van der Waals surface area (Å²) in [4.78, 5) is 4.22. The van der Waals surface area contributed by atoms with Crippen molar-refractivity contribution in [2.75, 3.05) is 6.61 Å². The van der Waals surface area contributed by atoms with Gasteiger partial charge in [-0.3, -0.25) is 0 Å². The number of hydrogen-bond acceptors (Lipinski definition) is 3. The summed E-state index contributed by atoms with van der Waals surface area (Å²) in [6.07, 6.45) is 5.08. The van der Waals surface area contributed by atoms with E-state index in [1.165, 1.54) is 12.1 Å². The average molecular weight is 275 g/mol. The van der Waals surface area contributed by atoms with Gasteiger partial charge in [0.2, 0.25) is 0 Å². The van der Waals surface area contributed by atoms with Crippen LogP contribution in [-0.4, -0.2) is 26.3 Å². The first-order valence-corrected chi connectivity index (χ1v) is 5.99. The molecule has 0 bridgehead atoms. The van der Waals surface area contributed by atoms with Crippen molar-refractivity contribution in [3.63, 3.8) is 0 Å². The Bertz CT molecular complexity index is 738. The van der Waals surface area contributed by atoms with Gasteiger partial charge < -0.3 is 5.11 Å². The van der Waals surface area contributed by atoms with Crippen molar-refractivity contribution in [3.05, 3.63) is 54.5 Å². The molecule has 0 saturated carbocycles. The molecule has 0 amide bonds. The van der Waals surface area contributed by atoms with E-state index in [1.807, 2.05) is 0 Å². The zero-order valence-corrected chi connectivity index (χ0v) is 10.4. The van der Waals surface area contributed by atoms with Crippen LogP contribution in [0.3, 0.4) is 0 Å². The molecule has 0 atom stereocenters. The maximum atomic E-state index is 13.3. The van der Waals surface area contributed by atoms with Gasteiger partial charge >= 0.3 is 0 Å². The zero-order valence-electron chi connectivity index (χ0n) is 10.4. The van der Waals surface area contributed by atoms with Gasteiger partial charge in [0.1, 0.15) is 6.61 Å². The molecule has 6 heteroatoms. The molecule has 0 radical (unpaired) electrons. The summed E-state index contributed by atoms with van der Waals surface area (Å²) in [7, 11) is 0.